The molecular formula is C14H17NO2. The van der Waals surface area contributed by atoms with Gasteiger partial charge in [0.05, 0.1) is 7.11 Å². The first-order chi connectivity index (χ1) is 8.22. The van der Waals surface area contributed by atoms with E-state index in [1.165, 1.54) is 5.56 Å². The molecule has 0 spiro atoms. The highest BCUT2D eigenvalue weighted by Gasteiger charge is 2.51. The van der Waals surface area contributed by atoms with E-state index in [-0.39, 0.29) is 17.2 Å². The lowest BCUT2D eigenvalue weighted by Gasteiger charge is -2.52. The molecule has 0 radical (unpaired) electrons. The van der Waals surface area contributed by atoms with Gasteiger partial charge in [-0.2, -0.15) is 0 Å². The quantitative estimate of drug-likeness (QED) is 0.861. The lowest BCUT2D eigenvalue weighted by Crippen LogP contribution is -2.58. The summed E-state index contributed by atoms with van der Waals surface area (Å²) < 4.78 is 5.38. The Morgan fingerprint density at radius 1 is 1.41 bits per heavy atom. The van der Waals surface area contributed by atoms with Gasteiger partial charge in [-0.05, 0) is 36.3 Å². The van der Waals surface area contributed by atoms with Gasteiger partial charge in [-0.1, -0.05) is 18.2 Å². The normalized spacial score (nSPS) is 30.4. The van der Waals surface area contributed by atoms with Gasteiger partial charge in [0, 0.05) is 12.5 Å². The van der Waals surface area contributed by atoms with E-state index in [1.807, 2.05) is 18.2 Å². The molecule has 3 nitrogen and oxygen atoms in total. The molecule has 1 amide bonds. The number of carbonyl (C=O) groups excluding carboxylic acids is 1. The molecular weight excluding hydrogens is 214 g/mol. The smallest absolute Gasteiger partial charge is 0.223 e. The van der Waals surface area contributed by atoms with Gasteiger partial charge >= 0.3 is 0 Å². The fourth-order valence-electron chi connectivity index (χ4n) is 3.19. The van der Waals surface area contributed by atoms with Crippen LogP contribution in [0.1, 0.15) is 18.4 Å². The summed E-state index contributed by atoms with van der Waals surface area (Å²) in [6, 6.07) is 8.17. The van der Waals surface area contributed by atoms with E-state index in [9.17, 15) is 4.79 Å². The maximum Gasteiger partial charge on any atom is 0.223 e. The lowest BCUT2D eigenvalue weighted by molar-refractivity contribution is -0.140. The molecule has 0 unspecified atom stereocenters. The Kier molecular flexibility index (Phi) is 2.35. The number of hydrogen-bond donors (Lipinski definition) is 1. The van der Waals surface area contributed by atoms with E-state index in [2.05, 4.69) is 11.4 Å². The standard InChI is InChI=1S/C14H17NO2/c1-17-12-5-3-2-4-10(12)6-14-7-11(8-14)13(16)15-9-14/h2-5,11H,6-9H2,1H3,(H,15,16). The number of piperidine rings is 2. The molecule has 17 heavy (non-hydrogen) atoms. The summed E-state index contributed by atoms with van der Waals surface area (Å²) in [5.74, 6) is 1.47. The van der Waals surface area contributed by atoms with E-state index < -0.39 is 0 Å². The van der Waals surface area contributed by atoms with Crippen LogP contribution in [0.15, 0.2) is 24.3 Å². The van der Waals surface area contributed by atoms with Gasteiger partial charge in [-0.15, -0.1) is 0 Å². The molecule has 3 fully saturated rings. The molecule has 90 valence electrons. The van der Waals surface area contributed by atoms with Crippen LogP contribution in [0.5, 0.6) is 5.75 Å². The fraction of sp³-hybridized carbons (Fsp3) is 0.500. The zero-order chi connectivity index (χ0) is 11.9. The minimum atomic E-state index is 0.243. The molecule has 0 aromatic heterocycles. The summed E-state index contributed by atoms with van der Waals surface area (Å²) in [5, 5.41) is 3.00. The summed E-state index contributed by atoms with van der Waals surface area (Å²) in [6.07, 6.45) is 3.08. The fourth-order valence-corrected chi connectivity index (χ4v) is 3.19. The average molecular weight is 231 g/mol. The van der Waals surface area contributed by atoms with Crippen molar-refractivity contribution < 1.29 is 9.53 Å². The van der Waals surface area contributed by atoms with E-state index in [0.29, 0.717) is 0 Å². The minimum Gasteiger partial charge on any atom is -0.496 e. The predicted molar refractivity (Wildman–Crippen MR) is 64.9 cm³/mol. The van der Waals surface area contributed by atoms with Crippen LogP contribution in [-0.4, -0.2) is 19.6 Å². The van der Waals surface area contributed by atoms with Crippen LogP contribution in [0.2, 0.25) is 0 Å². The first-order valence-electron chi connectivity index (χ1n) is 6.12. The van der Waals surface area contributed by atoms with Crippen molar-refractivity contribution in [3.8, 4) is 5.75 Å². The molecule has 2 aliphatic heterocycles. The Morgan fingerprint density at radius 3 is 2.82 bits per heavy atom. The Morgan fingerprint density at radius 2 is 2.18 bits per heavy atom. The highest BCUT2D eigenvalue weighted by molar-refractivity contribution is 5.81. The minimum absolute atomic E-state index is 0.243. The monoisotopic (exact) mass is 231 g/mol. The number of amides is 1. The molecule has 2 heterocycles. The molecule has 1 aliphatic carbocycles. The average Bonchev–Trinajstić information content (AvgIpc) is 2.31. The predicted octanol–water partition coefficient (Wildman–Crippen LogP) is 1.76. The number of rotatable bonds is 3. The van der Waals surface area contributed by atoms with E-state index in [1.54, 1.807) is 7.11 Å². The van der Waals surface area contributed by atoms with Crippen molar-refractivity contribution in [3.05, 3.63) is 29.8 Å². The third-order valence-corrected chi connectivity index (χ3v) is 4.13. The van der Waals surface area contributed by atoms with Crippen LogP contribution in [0.25, 0.3) is 0 Å². The van der Waals surface area contributed by atoms with Crippen LogP contribution in [0, 0.1) is 11.3 Å². The first-order valence-corrected chi connectivity index (χ1v) is 6.12. The number of fused-ring (bicyclic) bond motifs is 2. The van der Waals surface area contributed by atoms with Crippen LogP contribution >= 0.6 is 0 Å². The van der Waals surface area contributed by atoms with E-state index in [4.69, 9.17) is 4.74 Å². The second kappa shape index (κ2) is 3.76. The van der Waals surface area contributed by atoms with Gasteiger partial charge in [-0.3, -0.25) is 4.79 Å². The number of carbonyl (C=O) groups is 1. The van der Waals surface area contributed by atoms with E-state index >= 15 is 0 Å². The van der Waals surface area contributed by atoms with Crippen LogP contribution in [0.3, 0.4) is 0 Å². The maximum atomic E-state index is 11.4. The van der Waals surface area contributed by atoms with Gasteiger partial charge in [0.25, 0.3) is 0 Å². The Labute approximate surface area is 101 Å². The van der Waals surface area contributed by atoms with Crippen LogP contribution in [0.4, 0.5) is 0 Å². The lowest BCUT2D eigenvalue weighted by atomic mass is 9.57. The summed E-state index contributed by atoms with van der Waals surface area (Å²) >= 11 is 0. The van der Waals surface area contributed by atoms with Crippen molar-refractivity contribution in [1.82, 2.24) is 5.32 Å². The number of ether oxygens (including phenoxy) is 1. The van der Waals surface area contributed by atoms with E-state index in [0.717, 1.165) is 31.6 Å². The summed E-state index contributed by atoms with van der Waals surface area (Å²) in [7, 11) is 1.71. The summed E-state index contributed by atoms with van der Waals surface area (Å²) in [4.78, 5) is 11.4. The highest BCUT2D eigenvalue weighted by atomic mass is 16.5. The second-order valence-corrected chi connectivity index (χ2v) is 5.31. The molecule has 1 aromatic carbocycles. The Hall–Kier alpha value is -1.51. The van der Waals surface area contributed by atoms with Crippen molar-refractivity contribution in [2.45, 2.75) is 19.3 Å². The number of benzene rings is 1. The Balaban J connectivity index is 1.78. The number of para-hydroxylation sites is 1. The molecule has 4 rings (SSSR count). The molecule has 0 atom stereocenters. The summed E-state index contributed by atoms with van der Waals surface area (Å²) in [6.45, 7) is 0.820. The van der Waals surface area contributed by atoms with Crippen LogP contribution in [-0.2, 0) is 11.2 Å². The molecule has 1 N–H and O–H groups in total. The number of hydrogen-bond acceptors (Lipinski definition) is 2. The van der Waals surface area contributed by atoms with Gasteiger partial charge in [-0.25, -0.2) is 0 Å². The third-order valence-electron chi connectivity index (χ3n) is 4.13. The van der Waals surface area contributed by atoms with Crippen molar-refractivity contribution in [2.24, 2.45) is 11.3 Å². The zero-order valence-corrected chi connectivity index (χ0v) is 10.0. The summed E-state index contributed by atoms with van der Waals surface area (Å²) in [5.41, 5.74) is 1.54. The SMILES string of the molecule is COc1ccccc1CC12CNC(=O)C(C1)C2. The molecule has 2 saturated heterocycles. The van der Waals surface area contributed by atoms with Gasteiger partial charge in [0.15, 0.2) is 0 Å². The largest absolute Gasteiger partial charge is 0.496 e. The third kappa shape index (κ3) is 1.70. The molecule has 1 aromatic rings. The number of methoxy groups -OCH3 is 1. The van der Waals surface area contributed by atoms with Crippen molar-refractivity contribution in [3.63, 3.8) is 0 Å². The van der Waals surface area contributed by atoms with Gasteiger partial charge < -0.3 is 10.1 Å². The molecule has 3 aliphatic rings. The second-order valence-electron chi connectivity index (χ2n) is 5.31. The van der Waals surface area contributed by atoms with Crippen molar-refractivity contribution >= 4 is 5.91 Å². The molecule has 1 saturated carbocycles. The van der Waals surface area contributed by atoms with Gasteiger partial charge in [0.2, 0.25) is 5.91 Å². The van der Waals surface area contributed by atoms with Crippen molar-refractivity contribution in [2.75, 3.05) is 13.7 Å². The van der Waals surface area contributed by atoms with Crippen molar-refractivity contribution in [1.29, 1.82) is 0 Å². The zero-order valence-electron chi connectivity index (χ0n) is 10.0. The first kappa shape index (κ1) is 10.6. The van der Waals surface area contributed by atoms with Gasteiger partial charge in [0.1, 0.15) is 5.75 Å². The van der Waals surface area contributed by atoms with Crippen LogP contribution < -0.4 is 10.1 Å². The highest BCUT2D eigenvalue weighted by Crippen LogP contribution is 2.50. The topological polar surface area (TPSA) is 38.3 Å². The molecule has 3 heteroatoms. The molecule has 2 bridgehead atoms. The number of nitrogens with one attached hydrogen (secondary N) is 1. The Bertz CT molecular complexity index is 444. The maximum absolute atomic E-state index is 11.4.